The summed E-state index contributed by atoms with van der Waals surface area (Å²) in [6, 6.07) is 15.3. The summed E-state index contributed by atoms with van der Waals surface area (Å²) < 4.78 is 46.9. The molecular weight excluding hydrogens is 993 g/mol. The summed E-state index contributed by atoms with van der Waals surface area (Å²) in [5.74, 6) is 1.22. The molecule has 0 radical (unpaired) electrons. The number of methoxy groups -OCH3 is 4. The van der Waals surface area contributed by atoms with Crippen molar-refractivity contribution < 1.29 is 57.1 Å². The summed E-state index contributed by atoms with van der Waals surface area (Å²) in [4.78, 5) is 67.5. The zero-order valence-corrected chi connectivity index (χ0v) is 47.0. The van der Waals surface area contributed by atoms with Crippen LogP contribution < -0.4 is 9.47 Å². The fourth-order valence-electron chi connectivity index (χ4n) is 13.7. The Morgan fingerprint density at radius 2 is 1.04 bits per heavy atom. The molecule has 4 bridgehead atoms. The molecule has 0 saturated carbocycles. The van der Waals surface area contributed by atoms with Crippen LogP contribution in [-0.2, 0) is 47.6 Å². The molecule has 2 aromatic carbocycles. The predicted molar refractivity (Wildman–Crippen MR) is 295 cm³/mol. The van der Waals surface area contributed by atoms with Crippen molar-refractivity contribution >= 4 is 45.7 Å². The van der Waals surface area contributed by atoms with E-state index in [1.807, 2.05) is 76.2 Å². The molecule has 0 aliphatic carbocycles. The molecule has 420 valence electrons. The first-order chi connectivity index (χ1) is 37.4. The number of ether oxygens (including phenoxy) is 8. The molecule has 4 aromatic rings. The number of nitrogens with zero attached hydrogens (tertiary/aromatic N) is 4. The quantitative estimate of drug-likeness (QED) is 0.0588. The van der Waals surface area contributed by atoms with E-state index in [0.717, 1.165) is 110 Å². The van der Waals surface area contributed by atoms with Crippen molar-refractivity contribution in [3.63, 3.8) is 0 Å². The zero-order chi connectivity index (χ0) is 55.6. The molecule has 16 nitrogen and oxygen atoms in total. The first-order valence-corrected chi connectivity index (χ1v) is 27.9. The first-order valence-electron chi connectivity index (χ1n) is 27.9. The Balaban J connectivity index is 0.000000190. The molecule has 5 unspecified atom stereocenters. The van der Waals surface area contributed by atoms with Gasteiger partial charge in [-0.3, -0.25) is 29.4 Å². The van der Waals surface area contributed by atoms with Crippen molar-refractivity contribution in [1.29, 1.82) is 0 Å². The molecule has 0 amide bonds. The number of pyridine rings is 2. The van der Waals surface area contributed by atoms with Crippen LogP contribution in [-0.4, -0.2) is 133 Å². The van der Waals surface area contributed by atoms with Gasteiger partial charge in [-0.2, -0.15) is 0 Å². The Labute approximate surface area is 459 Å². The number of fused-ring (bicyclic) bond motifs is 8. The number of esters is 4. The smallest absolute Gasteiger partial charge is 0.339 e. The standard InChI is InChI=1S/2C31H40N2O6/c2*1-6-20-19-33-15-11-21(20)16-26(33)28(23-10-14-32-25-9-8-22(36-4)17-24(23)25)38-29(35)31(18-27(34)37-5)13-7-12-30(2,3)39-31/h2*6,8-10,14,17,20-21,26,28H,1,7,11-13,15-16,18-19H2,2-5H3/t20?,21-,26-,28+,31?;20?,21-,26-,28+,31+/m00/s1. The molecule has 10 heterocycles. The Hall–Kier alpha value is -5.94. The van der Waals surface area contributed by atoms with Gasteiger partial charge in [-0.25, -0.2) is 9.59 Å². The number of aromatic nitrogens is 2. The monoisotopic (exact) mass is 1070 g/mol. The van der Waals surface area contributed by atoms with E-state index in [1.54, 1.807) is 26.6 Å². The van der Waals surface area contributed by atoms with Crippen LogP contribution in [0.4, 0.5) is 0 Å². The third-order valence-corrected chi connectivity index (χ3v) is 17.8. The van der Waals surface area contributed by atoms with E-state index in [9.17, 15) is 19.2 Å². The van der Waals surface area contributed by atoms with Crippen molar-refractivity contribution in [2.75, 3.05) is 54.6 Å². The molecule has 8 aliphatic rings. The van der Waals surface area contributed by atoms with E-state index >= 15 is 0 Å². The average Bonchev–Trinajstić information content (AvgIpc) is 3.46. The van der Waals surface area contributed by atoms with Gasteiger partial charge < -0.3 is 37.9 Å². The van der Waals surface area contributed by atoms with Crippen LogP contribution >= 0.6 is 0 Å². The second-order valence-corrected chi connectivity index (χ2v) is 23.6. The van der Waals surface area contributed by atoms with Crippen molar-refractivity contribution in [2.45, 2.75) is 151 Å². The van der Waals surface area contributed by atoms with Crippen molar-refractivity contribution in [2.24, 2.45) is 23.7 Å². The van der Waals surface area contributed by atoms with E-state index in [1.165, 1.54) is 14.2 Å². The Bertz CT molecular complexity index is 2680. The summed E-state index contributed by atoms with van der Waals surface area (Å²) in [7, 11) is 5.93. The minimum atomic E-state index is -1.40. The number of carbonyl (C=O) groups excluding carboxylic acids is 4. The van der Waals surface area contributed by atoms with Crippen molar-refractivity contribution in [3.8, 4) is 11.5 Å². The Morgan fingerprint density at radius 3 is 1.37 bits per heavy atom. The Morgan fingerprint density at radius 1 is 0.628 bits per heavy atom. The molecule has 8 aliphatic heterocycles. The van der Waals surface area contributed by atoms with Crippen LogP contribution in [0.3, 0.4) is 0 Å². The Kier molecular flexibility index (Phi) is 17.0. The van der Waals surface area contributed by atoms with Crippen LogP contribution in [0.1, 0.15) is 128 Å². The summed E-state index contributed by atoms with van der Waals surface area (Å²) >= 11 is 0. The third kappa shape index (κ3) is 11.8. The van der Waals surface area contributed by atoms with E-state index in [0.29, 0.717) is 48.0 Å². The lowest BCUT2D eigenvalue weighted by molar-refractivity contribution is -0.219. The van der Waals surface area contributed by atoms with Crippen LogP contribution in [0.25, 0.3) is 21.8 Å². The normalized spacial score (nSPS) is 30.4. The highest BCUT2D eigenvalue weighted by Crippen LogP contribution is 2.48. The molecule has 8 fully saturated rings. The molecule has 16 heteroatoms. The number of benzene rings is 2. The largest absolute Gasteiger partial charge is 0.497 e. The number of hydrogen-bond donors (Lipinski definition) is 0. The van der Waals surface area contributed by atoms with E-state index in [-0.39, 0.29) is 24.9 Å². The minimum Gasteiger partial charge on any atom is -0.497 e. The van der Waals surface area contributed by atoms with Gasteiger partial charge >= 0.3 is 23.9 Å². The number of rotatable bonds is 16. The van der Waals surface area contributed by atoms with E-state index in [2.05, 4.69) is 45.1 Å². The van der Waals surface area contributed by atoms with E-state index in [4.69, 9.17) is 37.9 Å². The molecular formula is C62H80N4O12. The van der Waals surface area contributed by atoms with Gasteiger partial charge in [-0.05, 0) is 177 Å². The summed E-state index contributed by atoms with van der Waals surface area (Å²) in [6.07, 6.45) is 14.0. The van der Waals surface area contributed by atoms with Crippen molar-refractivity contribution in [3.05, 3.63) is 97.4 Å². The maximum absolute atomic E-state index is 14.2. The van der Waals surface area contributed by atoms with Gasteiger partial charge in [0.2, 0.25) is 0 Å². The SMILES string of the molecule is C=CC1CN2CC[C@H]1C[C@H]2[C@H](OC(=O)C1(CC(=O)OC)CCCC(C)(C)O1)c1ccnc2ccc(OC)cc12.C=CC1CN2CC[C@H]1C[C@H]2[C@H](OC(=O)[C@]1(CC(=O)OC)CCCC(C)(C)O1)c1ccnc2ccc(OC)cc12. The van der Waals surface area contributed by atoms with E-state index < -0.39 is 58.5 Å². The lowest BCUT2D eigenvalue weighted by Gasteiger charge is -2.51. The number of hydrogen-bond acceptors (Lipinski definition) is 16. The maximum atomic E-state index is 14.2. The highest BCUT2D eigenvalue weighted by Gasteiger charge is 2.54. The van der Waals surface area contributed by atoms with Gasteiger partial charge in [-0.15, -0.1) is 13.2 Å². The fourth-order valence-corrected chi connectivity index (χ4v) is 13.7. The third-order valence-electron chi connectivity index (χ3n) is 17.8. The summed E-state index contributed by atoms with van der Waals surface area (Å²) in [6.45, 7) is 19.6. The summed E-state index contributed by atoms with van der Waals surface area (Å²) in [5, 5.41) is 1.76. The van der Waals surface area contributed by atoms with Crippen LogP contribution in [0, 0.1) is 23.7 Å². The number of carbonyl (C=O) groups is 4. The molecule has 12 atom stereocenters. The second kappa shape index (κ2) is 23.4. The first kappa shape index (κ1) is 56.8. The molecule has 78 heavy (non-hydrogen) atoms. The maximum Gasteiger partial charge on any atom is 0.339 e. The fraction of sp³-hybridized carbons (Fsp3) is 0.581. The van der Waals surface area contributed by atoms with Gasteiger partial charge in [0.25, 0.3) is 0 Å². The predicted octanol–water partition coefficient (Wildman–Crippen LogP) is 10.0. The topological polar surface area (TPSA) is 174 Å². The lowest BCUT2D eigenvalue weighted by atomic mass is 9.73. The van der Waals surface area contributed by atoms with Gasteiger partial charge in [-0.1, -0.05) is 12.2 Å². The van der Waals surface area contributed by atoms with Crippen LogP contribution in [0.5, 0.6) is 11.5 Å². The molecule has 0 N–H and O–H groups in total. The highest BCUT2D eigenvalue weighted by atomic mass is 16.6. The molecule has 0 spiro atoms. The van der Waals surface area contributed by atoms with Gasteiger partial charge in [0.05, 0.1) is 75.6 Å². The second-order valence-electron chi connectivity index (χ2n) is 23.6. The van der Waals surface area contributed by atoms with Gasteiger partial charge in [0.1, 0.15) is 23.7 Å². The zero-order valence-electron chi connectivity index (χ0n) is 47.0. The highest BCUT2D eigenvalue weighted by molar-refractivity contribution is 5.89. The van der Waals surface area contributed by atoms with Crippen molar-refractivity contribution in [1.82, 2.24) is 19.8 Å². The summed E-state index contributed by atoms with van der Waals surface area (Å²) in [5.41, 5.74) is -0.584. The average molecular weight is 1070 g/mol. The van der Waals surface area contributed by atoms with Crippen LogP contribution in [0.15, 0.2) is 86.2 Å². The lowest BCUT2D eigenvalue weighted by Crippen LogP contribution is -2.57. The minimum absolute atomic E-state index is 0.0209. The molecule has 2 aromatic heterocycles. The molecule has 8 saturated heterocycles. The van der Waals surface area contributed by atoms with Gasteiger partial charge in [0.15, 0.2) is 11.2 Å². The molecule has 12 rings (SSSR count). The van der Waals surface area contributed by atoms with Crippen LogP contribution in [0.2, 0.25) is 0 Å². The number of piperidine rings is 6. The van der Waals surface area contributed by atoms with Gasteiger partial charge in [0, 0.05) is 47.4 Å².